The van der Waals surface area contributed by atoms with Crippen LogP contribution in [-0.4, -0.2) is 25.1 Å². The molecule has 1 unspecified atom stereocenters. The molecule has 1 aliphatic heterocycles. The topological polar surface area (TPSA) is 0 Å². The fraction of sp³-hybridized carbons (Fsp3) is 0.600. The van der Waals surface area contributed by atoms with Gasteiger partial charge in [0.25, 0.3) is 0 Å². The maximum Gasteiger partial charge on any atom is 0.115 e. The summed E-state index contributed by atoms with van der Waals surface area (Å²) in [6, 6.07) is 3.04. The molecule has 0 aliphatic carbocycles. The number of quaternary nitrogens is 1. The predicted octanol–water partition coefficient (Wildman–Crippen LogP) is 2.66. The molecule has 2 heterocycles. The summed E-state index contributed by atoms with van der Waals surface area (Å²) in [5.41, 5.74) is 1.54. The molecule has 0 aromatic carbocycles. The molecule has 1 saturated heterocycles. The van der Waals surface area contributed by atoms with Crippen molar-refractivity contribution >= 4 is 11.3 Å². The lowest BCUT2D eigenvalue weighted by molar-refractivity contribution is -0.908. The molecule has 0 amide bonds. The van der Waals surface area contributed by atoms with E-state index in [2.05, 4.69) is 30.9 Å². The molecule has 1 atom stereocenters. The van der Waals surface area contributed by atoms with E-state index in [4.69, 9.17) is 0 Å². The first-order valence-electron chi connectivity index (χ1n) is 4.55. The summed E-state index contributed by atoms with van der Waals surface area (Å²) in [6.45, 7) is 1.33. The lowest BCUT2D eigenvalue weighted by atomic mass is 10.1. The molecule has 12 heavy (non-hydrogen) atoms. The van der Waals surface area contributed by atoms with Crippen molar-refractivity contribution < 1.29 is 4.48 Å². The van der Waals surface area contributed by atoms with Crippen LogP contribution in [0.4, 0.5) is 0 Å². The van der Waals surface area contributed by atoms with Gasteiger partial charge in [-0.05, 0) is 16.8 Å². The zero-order chi connectivity index (χ0) is 8.60. The number of rotatable bonds is 1. The van der Waals surface area contributed by atoms with Gasteiger partial charge in [-0.2, -0.15) is 11.3 Å². The molecule has 1 aliphatic rings. The number of nitrogens with zero attached hydrogens (tertiary/aromatic N) is 1. The molecule has 1 nitrogen and oxygen atoms in total. The molecule has 2 rings (SSSR count). The first-order valence-corrected chi connectivity index (χ1v) is 5.49. The highest BCUT2D eigenvalue weighted by molar-refractivity contribution is 7.07. The molecular formula is C10H16NS+. The Hall–Kier alpha value is -0.340. The van der Waals surface area contributed by atoms with Crippen LogP contribution in [0, 0.1) is 0 Å². The zero-order valence-corrected chi connectivity index (χ0v) is 8.60. The summed E-state index contributed by atoms with van der Waals surface area (Å²) in [4.78, 5) is 0. The smallest absolute Gasteiger partial charge is 0.115 e. The van der Waals surface area contributed by atoms with Crippen molar-refractivity contribution in [1.29, 1.82) is 0 Å². The molecule has 0 saturated carbocycles. The maximum atomic E-state index is 2.34. The van der Waals surface area contributed by atoms with E-state index in [0.717, 1.165) is 6.04 Å². The van der Waals surface area contributed by atoms with Gasteiger partial charge in [-0.15, -0.1) is 0 Å². The molecule has 0 bridgehead atoms. The Labute approximate surface area is 78.2 Å². The van der Waals surface area contributed by atoms with E-state index in [1.165, 1.54) is 23.9 Å². The second-order valence-corrected chi connectivity index (χ2v) is 5.00. The van der Waals surface area contributed by atoms with Crippen LogP contribution in [0.2, 0.25) is 0 Å². The second-order valence-electron chi connectivity index (χ2n) is 4.22. The van der Waals surface area contributed by atoms with E-state index < -0.39 is 0 Å². The molecule has 1 fully saturated rings. The number of likely N-dealkylation sites (tertiary alicyclic amines) is 1. The third-order valence-electron chi connectivity index (χ3n) is 2.98. The van der Waals surface area contributed by atoms with Crippen LogP contribution in [0.1, 0.15) is 24.4 Å². The van der Waals surface area contributed by atoms with Gasteiger partial charge in [0.15, 0.2) is 0 Å². The molecule has 1 aromatic heterocycles. The van der Waals surface area contributed by atoms with Crippen molar-refractivity contribution in [3.63, 3.8) is 0 Å². The normalized spacial score (nSPS) is 27.7. The minimum atomic E-state index is 0.760. The summed E-state index contributed by atoms with van der Waals surface area (Å²) >= 11 is 1.82. The van der Waals surface area contributed by atoms with Crippen molar-refractivity contribution in [1.82, 2.24) is 0 Å². The van der Waals surface area contributed by atoms with Crippen molar-refractivity contribution in [2.75, 3.05) is 20.6 Å². The SMILES string of the molecule is C[N+]1(C)CCCC1c1ccsc1. The minimum Gasteiger partial charge on any atom is -0.322 e. The van der Waals surface area contributed by atoms with Gasteiger partial charge in [0.1, 0.15) is 6.04 Å². The molecule has 0 spiro atoms. The van der Waals surface area contributed by atoms with Gasteiger partial charge in [-0.3, -0.25) is 0 Å². The van der Waals surface area contributed by atoms with E-state index in [9.17, 15) is 0 Å². The van der Waals surface area contributed by atoms with Gasteiger partial charge in [0.2, 0.25) is 0 Å². The highest BCUT2D eigenvalue weighted by atomic mass is 32.1. The van der Waals surface area contributed by atoms with Crippen LogP contribution in [0.3, 0.4) is 0 Å². The lowest BCUT2D eigenvalue weighted by Gasteiger charge is -2.31. The first kappa shape index (κ1) is 8.27. The van der Waals surface area contributed by atoms with Crippen LogP contribution in [0.5, 0.6) is 0 Å². The van der Waals surface area contributed by atoms with Gasteiger partial charge >= 0.3 is 0 Å². The van der Waals surface area contributed by atoms with Gasteiger partial charge in [0.05, 0.1) is 20.6 Å². The molecule has 66 valence electrons. The number of hydrogen-bond donors (Lipinski definition) is 0. The van der Waals surface area contributed by atoms with E-state index in [1.807, 2.05) is 11.3 Å². The van der Waals surface area contributed by atoms with Gasteiger partial charge < -0.3 is 4.48 Å². The average molecular weight is 182 g/mol. The second kappa shape index (κ2) is 2.86. The fourth-order valence-corrected chi connectivity index (χ4v) is 2.94. The lowest BCUT2D eigenvalue weighted by Crippen LogP contribution is -2.38. The average Bonchev–Trinajstić information content (AvgIpc) is 2.55. The Balaban J connectivity index is 2.25. The third kappa shape index (κ3) is 1.29. The number of hydrogen-bond acceptors (Lipinski definition) is 1. The highest BCUT2D eigenvalue weighted by Crippen LogP contribution is 2.36. The van der Waals surface area contributed by atoms with Crippen molar-refractivity contribution in [2.24, 2.45) is 0 Å². The van der Waals surface area contributed by atoms with Crippen LogP contribution in [0.15, 0.2) is 16.8 Å². The fourth-order valence-electron chi connectivity index (χ4n) is 2.23. The third-order valence-corrected chi connectivity index (χ3v) is 3.69. The minimum absolute atomic E-state index is 0.760. The molecule has 0 radical (unpaired) electrons. The van der Waals surface area contributed by atoms with E-state index >= 15 is 0 Å². The van der Waals surface area contributed by atoms with Crippen LogP contribution < -0.4 is 0 Å². The van der Waals surface area contributed by atoms with Crippen molar-refractivity contribution in [2.45, 2.75) is 18.9 Å². The quantitative estimate of drug-likeness (QED) is 0.586. The summed E-state index contributed by atoms with van der Waals surface area (Å²) in [7, 11) is 4.69. The summed E-state index contributed by atoms with van der Waals surface area (Å²) in [5, 5.41) is 4.49. The maximum absolute atomic E-state index is 2.34. The highest BCUT2D eigenvalue weighted by Gasteiger charge is 2.35. The summed E-state index contributed by atoms with van der Waals surface area (Å²) < 4.78 is 1.18. The van der Waals surface area contributed by atoms with Gasteiger partial charge in [-0.25, -0.2) is 0 Å². The van der Waals surface area contributed by atoms with Gasteiger partial charge in [0, 0.05) is 18.4 Å². The van der Waals surface area contributed by atoms with E-state index in [-0.39, 0.29) is 0 Å². The van der Waals surface area contributed by atoms with Crippen LogP contribution in [0.25, 0.3) is 0 Å². The van der Waals surface area contributed by atoms with E-state index in [1.54, 1.807) is 5.56 Å². The Morgan fingerprint density at radius 1 is 1.50 bits per heavy atom. The van der Waals surface area contributed by atoms with Crippen LogP contribution >= 0.6 is 11.3 Å². The number of thiophene rings is 1. The summed E-state index contributed by atoms with van der Waals surface area (Å²) in [6.07, 6.45) is 2.75. The Morgan fingerprint density at radius 2 is 2.33 bits per heavy atom. The monoisotopic (exact) mass is 182 g/mol. The summed E-state index contributed by atoms with van der Waals surface area (Å²) in [5.74, 6) is 0. The van der Waals surface area contributed by atoms with E-state index in [0.29, 0.717) is 0 Å². The Bertz CT molecular complexity index is 251. The molecule has 1 aromatic rings. The van der Waals surface area contributed by atoms with Gasteiger partial charge in [-0.1, -0.05) is 0 Å². The predicted molar refractivity (Wildman–Crippen MR) is 53.3 cm³/mol. The molecule has 2 heteroatoms. The van der Waals surface area contributed by atoms with Crippen molar-refractivity contribution in [3.05, 3.63) is 22.4 Å². The molecule has 0 N–H and O–H groups in total. The van der Waals surface area contributed by atoms with Crippen LogP contribution in [-0.2, 0) is 0 Å². The Morgan fingerprint density at radius 3 is 2.83 bits per heavy atom. The Kier molecular flexibility index (Phi) is 1.97. The zero-order valence-electron chi connectivity index (χ0n) is 7.79. The molecular weight excluding hydrogens is 166 g/mol. The standard InChI is InChI=1S/C10H16NS/c1-11(2)6-3-4-10(11)9-5-7-12-8-9/h5,7-8,10H,3-4,6H2,1-2H3/q+1. The first-order chi connectivity index (χ1) is 5.70. The van der Waals surface area contributed by atoms with Crippen molar-refractivity contribution in [3.8, 4) is 0 Å². The largest absolute Gasteiger partial charge is 0.322 e.